The van der Waals surface area contributed by atoms with E-state index in [9.17, 15) is 13.2 Å². The Balaban J connectivity index is 1.89. The lowest BCUT2D eigenvalue weighted by Gasteiger charge is -2.08. The summed E-state index contributed by atoms with van der Waals surface area (Å²) in [7, 11) is 0. The highest BCUT2D eigenvalue weighted by Gasteiger charge is 2.30. The molecule has 8 heteroatoms. The maximum Gasteiger partial charge on any atom is 0.416 e. The van der Waals surface area contributed by atoms with Crippen molar-refractivity contribution in [3.8, 4) is 21.7 Å². The summed E-state index contributed by atoms with van der Waals surface area (Å²) in [5.41, 5.74) is 1.75. The molecule has 4 aromatic rings. The molecule has 3 nitrogen and oxygen atoms in total. The molecule has 0 saturated carbocycles. The molecule has 2 heterocycles. The molecule has 0 aliphatic heterocycles. The molecular weight excluding hydrogens is 415 g/mol. The first-order chi connectivity index (χ1) is 11.9. The fraction of sp³-hybridized carbons (Fsp3) is 0.0588. The second-order valence-corrected chi connectivity index (χ2v) is 7.21. The van der Waals surface area contributed by atoms with Gasteiger partial charge < -0.3 is 0 Å². The van der Waals surface area contributed by atoms with Crippen molar-refractivity contribution < 1.29 is 13.2 Å². The van der Waals surface area contributed by atoms with E-state index in [1.807, 2.05) is 24.3 Å². The van der Waals surface area contributed by atoms with Crippen molar-refractivity contribution in [1.82, 2.24) is 14.6 Å². The fourth-order valence-corrected chi connectivity index (χ4v) is 3.88. The summed E-state index contributed by atoms with van der Waals surface area (Å²) in [5.74, 6) is 0. The summed E-state index contributed by atoms with van der Waals surface area (Å²) in [6, 6.07) is 12.8. The molecule has 0 fully saturated rings. The van der Waals surface area contributed by atoms with Crippen LogP contribution in [0.2, 0.25) is 0 Å². The van der Waals surface area contributed by atoms with Gasteiger partial charge in [0.15, 0.2) is 0 Å². The predicted octanol–water partition coefficient (Wildman–Crippen LogP) is 5.91. The van der Waals surface area contributed by atoms with Gasteiger partial charge in [0, 0.05) is 10.0 Å². The number of nitrogens with zero attached hydrogens (tertiary/aromatic N) is 3. The van der Waals surface area contributed by atoms with Crippen LogP contribution in [0.1, 0.15) is 5.56 Å². The molecule has 4 rings (SSSR count). The van der Waals surface area contributed by atoms with Crippen LogP contribution in [0.25, 0.3) is 26.7 Å². The number of rotatable bonds is 2. The van der Waals surface area contributed by atoms with E-state index in [0.717, 1.165) is 32.7 Å². The number of thiazole rings is 1. The maximum absolute atomic E-state index is 12.8. The lowest BCUT2D eigenvalue weighted by atomic mass is 10.1. The smallest absolute Gasteiger partial charge is 0.206 e. The lowest BCUT2D eigenvalue weighted by Crippen LogP contribution is -2.04. The maximum atomic E-state index is 12.8. The van der Waals surface area contributed by atoms with E-state index < -0.39 is 11.7 Å². The zero-order chi connectivity index (χ0) is 17.6. The van der Waals surface area contributed by atoms with Crippen LogP contribution in [0.3, 0.4) is 0 Å². The molecular formula is C17H9BrF3N3S. The van der Waals surface area contributed by atoms with Crippen molar-refractivity contribution in [3.05, 3.63) is 64.9 Å². The van der Waals surface area contributed by atoms with Crippen molar-refractivity contribution in [2.24, 2.45) is 0 Å². The summed E-state index contributed by atoms with van der Waals surface area (Å²) in [6.07, 6.45) is -2.89. The number of benzene rings is 2. The van der Waals surface area contributed by atoms with Crippen LogP contribution in [0, 0.1) is 0 Å². The number of alkyl halides is 3. The van der Waals surface area contributed by atoms with Gasteiger partial charge in [0.25, 0.3) is 0 Å². The second kappa shape index (κ2) is 5.96. The third kappa shape index (κ3) is 2.96. The molecule has 25 heavy (non-hydrogen) atoms. The minimum Gasteiger partial charge on any atom is -0.206 e. The van der Waals surface area contributed by atoms with Gasteiger partial charge in [-0.1, -0.05) is 51.5 Å². The molecule has 0 bridgehead atoms. The van der Waals surface area contributed by atoms with Gasteiger partial charge in [-0.25, -0.2) is 9.50 Å². The number of fused-ring (bicyclic) bond motifs is 1. The summed E-state index contributed by atoms with van der Waals surface area (Å²) in [6.45, 7) is 0. The average Bonchev–Trinajstić information content (AvgIpc) is 3.16. The Morgan fingerprint density at radius 3 is 2.20 bits per heavy atom. The van der Waals surface area contributed by atoms with Crippen molar-refractivity contribution in [3.63, 3.8) is 0 Å². The van der Waals surface area contributed by atoms with Crippen LogP contribution in [0.15, 0.2) is 59.3 Å². The fourth-order valence-electron chi connectivity index (χ4n) is 2.56. The number of hydrogen-bond acceptors (Lipinski definition) is 3. The number of halogens is 4. The van der Waals surface area contributed by atoms with E-state index in [4.69, 9.17) is 0 Å². The van der Waals surface area contributed by atoms with Gasteiger partial charge in [-0.3, -0.25) is 0 Å². The van der Waals surface area contributed by atoms with Crippen LogP contribution in [0.4, 0.5) is 13.2 Å². The highest BCUT2D eigenvalue weighted by molar-refractivity contribution is 9.10. The summed E-state index contributed by atoms with van der Waals surface area (Å²) < 4.78 is 41.0. The molecule has 0 atom stereocenters. The quantitative estimate of drug-likeness (QED) is 0.401. The second-order valence-electron chi connectivity index (χ2n) is 5.32. The Bertz CT molecular complexity index is 1030. The van der Waals surface area contributed by atoms with Gasteiger partial charge in [0.2, 0.25) is 4.96 Å². The van der Waals surface area contributed by atoms with Crippen molar-refractivity contribution >= 4 is 32.2 Å². The molecule has 126 valence electrons. The normalized spacial score (nSPS) is 12.0. The first-order valence-electron chi connectivity index (χ1n) is 7.19. The van der Waals surface area contributed by atoms with Gasteiger partial charge >= 0.3 is 6.18 Å². The zero-order valence-electron chi connectivity index (χ0n) is 12.5. The SMILES string of the molecule is FC(F)(F)c1ccc(-c2sc3ncnn3c2-c2ccc(Br)cc2)cc1. The van der Waals surface area contributed by atoms with Crippen molar-refractivity contribution in [1.29, 1.82) is 0 Å². The molecule has 0 spiro atoms. The molecule has 0 aliphatic rings. The van der Waals surface area contributed by atoms with Gasteiger partial charge in [-0.2, -0.15) is 18.3 Å². The Morgan fingerprint density at radius 2 is 1.56 bits per heavy atom. The molecule has 0 N–H and O–H groups in total. The van der Waals surface area contributed by atoms with E-state index in [0.29, 0.717) is 10.5 Å². The number of hydrogen-bond donors (Lipinski definition) is 0. The van der Waals surface area contributed by atoms with E-state index in [1.54, 1.807) is 4.52 Å². The van der Waals surface area contributed by atoms with Gasteiger partial charge in [0.05, 0.1) is 16.1 Å². The first kappa shape index (κ1) is 16.3. The Hall–Kier alpha value is -2.19. The largest absolute Gasteiger partial charge is 0.416 e. The molecule has 2 aromatic heterocycles. The van der Waals surface area contributed by atoms with Crippen LogP contribution in [-0.2, 0) is 6.18 Å². The number of aromatic nitrogens is 3. The third-order valence-corrected chi connectivity index (χ3v) is 5.35. The molecule has 0 aliphatic carbocycles. The van der Waals surface area contributed by atoms with E-state index in [1.165, 1.54) is 29.8 Å². The minimum atomic E-state index is -4.35. The molecule has 0 unspecified atom stereocenters. The molecule has 0 saturated heterocycles. The summed E-state index contributed by atoms with van der Waals surface area (Å²) >= 11 is 4.79. The van der Waals surface area contributed by atoms with Crippen LogP contribution < -0.4 is 0 Å². The third-order valence-electron chi connectivity index (χ3n) is 3.73. The molecule has 2 aromatic carbocycles. The standard InChI is InChI=1S/C17H9BrF3N3S/c18-13-7-3-10(4-8-13)14-15(25-16-22-9-23-24(14)16)11-1-5-12(6-2-11)17(19,20)21/h1-9H. The summed E-state index contributed by atoms with van der Waals surface area (Å²) in [5, 5.41) is 4.24. The zero-order valence-corrected chi connectivity index (χ0v) is 14.9. The van der Waals surface area contributed by atoms with Gasteiger partial charge in [0.1, 0.15) is 6.33 Å². The predicted molar refractivity (Wildman–Crippen MR) is 94.4 cm³/mol. The topological polar surface area (TPSA) is 30.2 Å². The van der Waals surface area contributed by atoms with Gasteiger partial charge in [-0.05, 0) is 29.8 Å². The van der Waals surface area contributed by atoms with E-state index in [2.05, 4.69) is 26.0 Å². The highest BCUT2D eigenvalue weighted by Crippen LogP contribution is 2.40. The van der Waals surface area contributed by atoms with Crippen LogP contribution >= 0.6 is 27.3 Å². The lowest BCUT2D eigenvalue weighted by molar-refractivity contribution is -0.137. The van der Waals surface area contributed by atoms with Crippen molar-refractivity contribution in [2.45, 2.75) is 6.18 Å². The highest BCUT2D eigenvalue weighted by atomic mass is 79.9. The van der Waals surface area contributed by atoms with Crippen LogP contribution in [0.5, 0.6) is 0 Å². The van der Waals surface area contributed by atoms with E-state index in [-0.39, 0.29) is 0 Å². The average molecular weight is 424 g/mol. The Morgan fingerprint density at radius 1 is 0.920 bits per heavy atom. The van der Waals surface area contributed by atoms with Crippen molar-refractivity contribution in [2.75, 3.05) is 0 Å². The van der Waals surface area contributed by atoms with E-state index >= 15 is 0 Å². The Labute approximate surface area is 152 Å². The monoisotopic (exact) mass is 423 g/mol. The van der Waals surface area contributed by atoms with Gasteiger partial charge in [-0.15, -0.1) is 0 Å². The molecule has 0 amide bonds. The molecule has 0 radical (unpaired) electrons. The Kier molecular flexibility index (Phi) is 3.88. The minimum absolute atomic E-state index is 0.666. The first-order valence-corrected chi connectivity index (χ1v) is 8.80. The summed E-state index contributed by atoms with van der Waals surface area (Å²) in [4.78, 5) is 5.72. The van der Waals surface area contributed by atoms with Crippen LogP contribution in [-0.4, -0.2) is 14.6 Å².